The number of hydrogen-bond donors (Lipinski definition) is 1. The minimum absolute atomic E-state index is 0.103. The molecule has 8 nitrogen and oxygen atoms in total. The molecule has 1 saturated heterocycles. The molecule has 1 aliphatic carbocycles. The summed E-state index contributed by atoms with van der Waals surface area (Å²) in [6.07, 6.45) is 6.62. The van der Waals surface area contributed by atoms with Gasteiger partial charge in [-0.05, 0) is 31.4 Å². The van der Waals surface area contributed by atoms with Crippen LogP contribution in [0.1, 0.15) is 49.5 Å². The Morgan fingerprint density at radius 2 is 1.93 bits per heavy atom. The summed E-state index contributed by atoms with van der Waals surface area (Å²) in [4.78, 5) is 33.0. The van der Waals surface area contributed by atoms with Gasteiger partial charge in [-0.3, -0.25) is 9.59 Å². The molecular weight excluding hydrogens is 388 g/mol. The molecule has 2 aliphatic rings. The van der Waals surface area contributed by atoms with Crippen molar-refractivity contribution in [2.45, 2.75) is 44.4 Å². The fourth-order valence-electron chi connectivity index (χ4n) is 3.57. The standard InChI is InChI=1S/C20H26N6O2S/c27-17(22-20-24-23-19(29-20)15-5-3-6-15)8-4-9-18(28)26-13-11-25(12-14-26)16-7-1-2-10-21-16/h1-2,7,10,15H,3-6,8-9,11-14H2,(H,22,24,27). The van der Waals surface area contributed by atoms with Crippen LogP contribution in [0.4, 0.5) is 10.9 Å². The predicted octanol–water partition coefficient (Wildman–Crippen LogP) is 2.66. The van der Waals surface area contributed by atoms with E-state index in [0.717, 1.165) is 23.9 Å². The van der Waals surface area contributed by atoms with E-state index in [2.05, 4.69) is 25.4 Å². The summed E-state index contributed by atoms with van der Waals surface area (Å²) in [5.41, 5.74) is 0. The third-order valence-corrected chi connectivity index (χ3v) is 6.54. The molecule has 2 aromatic heterocycles. The lowest BCUT2D eigenvalue weighted by Gasteiger charge is -2.35. The molecule has 0 radical (unpaired) electrons. The van der Waals surface area contributed by atoms with Gasteiger partial charge in [0, 0.05) is 51.1 Å². The third kappa shape index (κ3) is 5.09. The molecule has 1 N–H and O–H groups in total. The summed E-state index contributed by atoms with van der Waals surface area (Å²) in [7, 11) is 0. The summed E-state index contributed by atoms with van der Waals surface area (Å²) < 4.78 is 0. The molecule has 2 fully saturated rings. The number of nitrogens with zero attached hydrogens (tertiary/aromatic N) is 5. The molecule has 1 aliphatic heterocycles. The molecule has 3 heterocycles. The monoisotopic (exact) mass is 414 g/mol. The molecule has 2 aromatic rings. The fourth-order valence-corrected chi connectivity index (χ4v) is 4.50. The smallest absolute Gasteiger partial charge is 0.226 e. The van der Waals surface area contributed by atoms with Crippen molar-refractivity contribution in [3.63, 3.8) is 0 Å². The van der Waals surface area contributed by atoms with Crippen LogP contribution >= 0.6 is 11.3 Å². The van der Waals surface area contributed by atoms with E-state index < -0.39 is 0 Å². The van der Waals surface area contributed by atoms with Gasteiger partial charge in [-0.25, -0.2) is 4.98 Å². The van der Waals surface area contributed by atoms with Gasteiger partial charge in [0.15, 0.2) is 0 Å². The zero-order valence-corrected chi connectivity index (χ0v) is 17.2. The van der Waals surface area contributed by atoms with Crippen molar-refractivity contribution >= 4 is 34.1 Å². The van der Waals surface area contributed by atoms with Crippen molar-refractivity contribution in [2.75, 3.05) is 36.4 Å². The topological polar surface area (TPSA) is 91.3 Å². The molecule has 0 spiro atoms. The Labute approximate surface area is 174 Å². The van der Waals surface area contributed by atoms with Crippen molar-refractivity contribution in [1.29, 1.82) is 0 Å². The lowest BCUT2D eigenvalue weighted by molar-refractivity contribution is -0.131. The molecular formula is C20H26N6O2S. The summed E-state index contributed by atoms with van der Waals surface area (Å²) in [6, 6.07) is 5.86. The minimum atomic E-state index is -0.103. The van der Waals surface area contributed by atoms with E-state index in [9.17, 15) is 9.59 Å². The normalized spacial score (nSPS) is 17.1. The Kier molecular flexibility index (Phi) is 6.33. The van der Waals surface area contributed by atoms with Crippen LogP contribution in [0.5, 0.6) is 0 Å². The lowest BCUT2D eigenvalue weighted by Crippen LogP contribution is -2.49. The Morgan fingerprint density at radius 1 is 1.10 bits per heavy atom. The zero-order chi connectivity index (χ0) is 20.1. The van der Waals surface area contributed by atoms with Gasteiger partial charge in [0.2, 0.25) is 16.9 Å². The maximum Gasteiger partial charge on any atom is 0.226 e. The van der Waals surface area contributed by atoms with Crippen LogP contribution in [0.15, 0.2) is 24.4 Å². The number of aromatic nitrogens is 3. The fraction of sp³-hybridized carbons (Fsp3) is 0.550. The van der Waals surface area contributed by atoms with Gasteiger partial charge >= 0.3 is 0 Å². The SMILES string of the molecule is O=C(CCCC(=O)N1CCN(c2ccccn2)CC1)Nc1nnc(C2CCC2)s1. The first kappa shape index (κ1) is 19.8. The van der Waals surface area contributed by atoms with Crippen molar-refractivity contribution in [3.05, 3.63) is 29.4 Å². The van der Waals surface area contributed by atoms with Crippen molar-refractivity contribution in [3.8, 4) is 0 Å². The number of amides is 2. The van der Waals surface area contributed by atoms with E-state index in [-0.39, 0.29) is 11.8 Å². The average molecular weight is 415 g/mol. The van der Waals surface area contributed by atoms with Crippen LogP contribution in [0.2, 0.25) is 0 Å². The first-order chi connectivity index (χ1) is 14.2. The van der Waals surface area contributed by atoms with Gasteiger partial charge in [0.25, 0.3) is 0 Å². The van der Waals surface area contributed by atoms with Gasteiger partial charge in [0.1, 0.15) is 10.8 Å². The molecule has 0 atom stereocenters. The summed E-state index contributed by atoms with van der Waals surface area (Å²) in [6.45, 7) is 2.94. The number of nitrogens with one attached hydrogen (secondary N) is 1. The molecule has 0 unspecified atom stereocenters. The number of rotatable bonds is 7. The van der Waals surface area contributed by atoms with Gasteiger partial charge in [-0.15, -0.1) is 10.2 Å². The summed E-state index contributed by atoms with van der Waals surface area (Å²) in [5, 5.41) is 12.6. The third-order valence-electron chi connectivity index (χ3n) is 5.54. The van der Waals surface area contributed by atoms with Gasteiger partial charge in [-0.2, -0.15) is 0 Å². The first-order valence-corrected chi connectivity index (χ1v) is 11.1. The van der Waals surface area contributed by atoms with Crippen molar-refractivity contribution in [1.82, 2.24) is 20.1 Å². The van der Waals surface area contributed by atoms with Crippen LogP contribution in [-0.4, -0.2) is 58.1 Å². The molecule has 154 valence electrons. The van der Waals surface area contributed by atoms with Gasteiger partial charge in [-0.1, -0.05) is 23.8 Å². The van der Waals surface area contributed by atoms with Crippen molar-refractivity contribution in [2.24, 2.45) is 0 Å². The number of piperazine rings is 1. The molecule has 1 saturated carbocycles. The molecule has 2 amide bonds. The van der Waals surface area contributed by atoms with Gasteiger partial charge in [0.05, 0.1) is 0 Å². The average Bonchev–Trinajstić information content (AvgIpc) is 3.15. The second-order valence-corrected chi connectivity index (χ2v) is 8.54. The molecule has 9 heteroatoms. The van der Waals surface area contributed by atoms with E-state index in [1.54, 1.807) is 6.20 Å². The Balaban J connectivity index is 1.14. The maximum atomic E-state index is 12.4. The quantitative estimate of drug-likeness (QED) is 0.749. The highest BCUT2D eigenvalue weighted by Gasteiger charge is 2.24. The highest BCUT2D eigenvalue weighted by Crippen LogP contribution is 2.38. The van der Waals surface area contributed by atoms with E-state index in [0.29, 0.717) is 43.4 Å². The van der Waals surface area contributed by atoms with E-state index in [1.165, 1.54) is 30.6 Å². The van der Waals surface area contributed by atoms with Crippen LogP contribution in [0, 0.1) is 0 Å². The second-order valence-electron chi connectivity index (χ2n) is 7.53. The van der Waals surface area contributed by atoms with E-state index in [4.69, 9.17) is 0 Å². The van der Waals surface area contributed by atoms with Crippen LogP contribution in [0.25, 0.3) is 0 Å². The Morgan fingerprint density at radius 3 is 2.62 bits per heavy atom. The Hall–Kier alpha value is -2.55. The molecule has 29 heavy (non-hydrogen) atoms. The van der Waals surface area contributed by atoms with Crippen LogP contribution in [0.3, 0.4) is 0 Å². The Bertz CT molecular complexity index is 831. The zero-order valence-electron chi connectivity index (χ0n) is 16.4. The second kappa shape index (κ2) is 9.30. The number of hydrogen-bond acceptors (Lipinski definition) is 7. The number of carbonyl (C=O) groups is 2. The first-order valence-electron chi connectivity index (χ1n) is 10.3. The van der Waals surface area contributed by atoms with Crippen LogP contribution < -0.4 is 10.2 Å². The van der Waals surface area contributed by atoms with E-state index >= 15 is 0 Å². The molecule has 0 aromatic carbocycles. The molecule has 0 bridgehead atoms. The molecule has 4 rings (SSSR count). The lowest BCUT2D eigenvalue weighted by atomic mass is 9.86. The maximum absolute atomic E-state index is 12.4. The van der Waals surface area contributed by atoms with Gasteiger partial charge < -0.3 is 15.1 Å². The highest BCUT2D eigenvalue weighted by molar-refractivity contribution is 7.15. The van der Waals surface area contributed by atoms with Crippen LogP contribution in [-0.2, 0) is 9.59 Å². The van der Waals surface area contributed by atoms with Crippen molar-refractivity contribution < 1.29 is 9.59 Å². The summed E-state index contributed by atoms with van der Waals surface area (Å²) in [5.74, 6) is 1.48. The predicted molar refractivity (Wildman–Crippen MR) is 112 cm³/mol. The number of pyridine rings is 1. The summed E-state index contributed by atoms with van der Waals surface area (Å²) >= 11 is 1.47. The number of carbonyl (C=O) groups excluding carboxylic acids is 2. The largest absolute Gasteiger partial charge is 0.353 e. The highest BCUT2D eigenvalue weighted by atomic mass is 32.1. The van der Waals surface area contributed by atoms with E-state index in [1.807, 2.05) is 23.1 Å². The minimum Gasteiger partial charge on any atom is -0.353 e. The number of anilines is 2.